The van der Waals surface area contributed by atoms with Crippen molar-refractivity contribution in [2.24, 2.45) is 5.92 Å². The second kappa shape index (κ2) is 8.00. The molecular weight excluding hydrogens is 228 g/mol. The van der Waals surface area contributed by atoms with Crippen LogP contribution >= 0.6 is 0 Å². The maximum absolute atomic E-state index is 11.7. The Hall–Kier alpha value is -0.170. The molecule has 0 spiro atoms. The number of nitrogens with one attached hydrogen (secondary N) is 2. The number of sulfonamides is 1. The predicted octanol–water partition coefficient (Wildman–Crippen LogP) is 0.186. The smallest absolute Gasteiger partial charge is 0.213 e. The average molecular weight is 252 g/mol. The van der Waals surface area contributed by atoms with Crippen molar-refractivity contribution in [3.63, 3.8) is 0 Å². The molecule has 0 aromatic heterocycles. The molecule has 0 rings (SSSR count). The summed E-state index contributed by atoms with van der Waals surface area (Å²) in [5, 5.41) is 2.82. The summed E-state index contributed by atoms with van der Waals surface area (Å²) >= 11 is 0. The molecule has 0 aliphatic rings. The van der Waals surface area contributed by atoms with E-state index in [0.29, 0.717) is 19.8 Å². The molecule has 1 unspecified atom stereocenters. The Balaban J connectivity index is 4.26. The Labute approximate surface area is 99.0 Å². The van der Waals surface area contributed by atoms with Gasteiger partial charge in [0.15, 0.2) is 0 Å². The van der Waals surface area contributed by atoms with Gasteiger partial charge in [-0.25, -0.2) is 13.1 Å². The second-order valence-corrected chi connectivity index (χ2v) is 5.92. The van der Waals surface area contributed by atoms with E-state index >= 15 is 0 Å². The molecule has 0 fully saturated rings. The normalized spacial score (nSPS) is 14.3. The molecule has 0 saturated heterocycles. The molecule has 2 N–H and O–H groups in total. The van der Waals surface area contributed by atoms with E-state index in [1.807, 2.05) is 20.8 Å². The summed E-state index contributed by atoms with van der Waals surface area (Å²) in [5.41, 5.74) is 0. The Bertz CT molecular complexity index is 265. The Morgan fingerprint density at radius 2 is 1.94 bits per heavy atom. The van der Waals surface area contributed by atoms with Gasteiger partial charge in [-0.05, 0) is 19.9 Å². The highest BCUT2D eigenvalue weighted by atomic mass is 32.2. The van der Waals surface area contributed by atoms with E-state index < -0.39 is 10.0 Å². The van der Waals surface area contributed by atoms with Gasteiger partial charge in [-0.2, -0.15) is 0 Å². The van der Waals surface area contributed by atoms with E-state index in [1.165, 1.54) is 0 Å². The van der Waals surface area contributed by atoms with Gasteiger partial charge in [0.1, 0.15) is 0 Å². The van der Waals surface area contributed by atoms with Crippen molar-refractivity contribution in [2.45, 2.75) is 26.8 Å². The molecule has 1 atom stereocenters. The number of ether oxygens (including phenoxy) is 1. The van der Waals surface area contributed by atoms with Gasteiger partial charge < -0.3 is 10.1 Å². The van der Waals surface area contributed by atoms with Crippen LogP contribution in [0.4, 0.5) is 0 Å². The molecule has 0 aliphatic heterocycles. The minimum Gasteiger partial charge on any atom is -0.380 e. The van der Waals surface area contributed by atoms with Crippen LogP contribution in [-0.4, -0.2) is 47.0 Å². The highest BCUT2D eigenvalue weighted by Crippen LogP contribution is 2.04. The van der Waals surface area contributed by atoms with Crippen molar-refractivity contribution in [1.29, 1.82) is 0 Å². The van der Waals surface area contributed by atoms with Crippen LogP contribution < -0.4 is 10.0 Å². The molecule has 0 radical (unpaired) electrons. The maximum Gasteiger partial charge on any atom is 0.213 e. The van der Waals surface area contributed by atoms with Crippen molar-refractivity contribution >= 4 is 10.0 Å². The van der Waals surface area contributed by atoms with Crippen LogP contribution in [0.5, 0.6) is 0 Å². The lowest BCUT2D eigenvalue weighted by Gasteiger charge is -2.21. The molecule has 0 aromatic rings. The zero-order valence-electron chi connectivity index (χ0n) is 10.6. The molecule has 16 heavy (non-hydrogen) atoms. The largest absolute Gasteiger partial charge is 0.380 e. The van der Waals surface area contributed by atoms with Gasteiger partial charge in [0.2, 0.25) is 10.0 Å². The van der Waals surface area contributed by atoms with Crippen LogP contribution in [0.25, 0.3) is 0 Å². The van der Waals surface area contributed by atoms with Crippen LogP contribution in [0.15, 0.2) is 0 Å². The van der Waals surface area contributed by atoms with Gasteiger partial charge in [-0.15, -0.1) is 0 Å². The van der Waals surface area contributed by atoms with Crippen LogP contribution in [0.1, 0.15) is 20.8 Å². The molecule has 98 valence electrons. The van der Waals surface area contributed by atoms with E-state index in [0.717, 1.165) is 0 Å². The van der Waals surface area contributed by atoms with E-state index in [-0.39, 0.29) is 17.7 Å². The first-order valence-electron chi connectivity index (χ1n) is 5.65. The quantitative estimate of drug-likeness (QED) is 0.614. The van der Waals surface area contributed by atoms with E-state index in [4.69, 9.17) is 4.74 Å². The topological polar surface area (TPSA) is 67.4 Å². The lowest BCUT2D eigenvalue weighted by Crippen LogP contribution is -2.44. The molecule has 0 bridgehead atoms. The summed E-state index contributed by atoms with van der Waals surface area (Å²) in [5.74, 6) is 0.315. The molecule has 6 heteroatoms. The van der Waals surface area contributed by atoms with Crippen LogP contribution in [0.2, 0.25) is 0 Å². The predicted molar refractivity (Wildman–Crippen MR) is 66.0 cm³/mol. The van der Waals surface area contributed by atoms with Gasteiger partial charge in [0, 0.05) is 19.2 Å². The molecule has 0 heterocycles. The third-order valence-corrected chi connectivity index (χ3v) is 3.66. The fraction of sp³-hybridized carbons (Fsp3) is 1.00. The van der Waals surface area contributed by atoms with Crippen molar-refractivity contribution in [3.05, 3.63) is 0 Å². The fourth-order valence-electron chi connectivity index (χ4n) is 1.13. The standard InChI is InChI=1S/C10H24N2O3S/c1-5-15-8-10(9(2)3)12-16(13,14)7-6-11-4/h9-12H,5-8H2,1-4H3. The lowest BCUT2D eigenvalue weighted by molar-refractivity contribution is 0.116. The van der Waals surface area contributed by atoms with Crippen molar-refractivity contribution in [2.75, 3.05) is 32.6 Å². The second-order valence-electron chi connectivity index (χ2n) is 4.05. The zero-order chi connectivity index (χ0) is 12.6. The third kappa shape index (κ3) is 7.16. The Morgan fingerprint density at radius 1 is 1.31 bits per heavy atom. The van der Waals surface area contributed by atoms with E-state index in [2.05, 4.69) is 10.0 Å². The first kappa shape index (κ1) is 15.8. The minimum absolute atomic E-state index is 0.0961. The summed E-state index contributed by atoms with van der Waals surface area (Å²) in [6.45, 7) is 7.32. The average Bonchev–Trinajstić information content (AvgIpc) is 2.21. The summed E-state index contributed by atoms with van der Waals surface area (Å²) in [6.07, 6.45) is 0. The first-order valence-corrected chi connectivity index (χ1v) is 7.30. The summed E-state index contributed by atoms with van der Waals surface area (Å²) < 4.78 is 31.3. The monoisotopic (exact) mass is 252 g/mol. The van der Waals surface area contributed by atoms with E-state index in [9.17, 15) is 8.42 Å². The first-order chi connectivity index (χ1) is 7.43. The highest BCUT2D eigenvalue weighted by Gasteiger charge is 2.20. The van der Waals surface area contributed by atoms with Gasteiger partial charge in [-0.3, -0.25) is 0 Å². The van der Waals surface area contributed by atoms with Gasteiger partial charge in [0.05, 0.1) is 12.4 Å². The molecule has 0 amide bonds. The van der Waals surface area contributed by atoms with Crippen molar-refractivity contribution < 1.29 is 13.2 Å². The van der Waals surface area contributed by atoms with Gasteiger partial charge in [-0.1, -0.05) is 13.8 Å². The van der Waals surface area contributed by atoms with Crippen molar-refractivity contribution in [3.8, 4) is 0 Å². The summed E-state index contributed by atoms with van der Waals surface area (Å²) in [4.78, 5) is 0. The number of hydrogen-bond acceptors (Lipinski definition) is 4. The van der Waals surface area contributed by atoms with Crippen LogP contribution in [0.3, 0.4) is 0 Å². The van der Waals surface area contributed by atoms with Gasteiger partial charge >= 0.3 is 0 Å². The van der Waals surface area contributed by atoms with Crippen molar-refractivity contribution in [1.82, 2.24) is 10.0 Å². The minimum atomic E-state index is -3.21. The molecule has 0 aliphatic carbocycles. The van der Waals surface area contributed by atoms with Gasteiger partial charge in [0.25, 0.3) is 0 Å². The highest BCUT2D eigenvalue weighted by molar-refractivity contribution is 7.89. The zero-order valence-corrected chi connectivity index (χ0v) is 11.4. The van der Waals surface area contributed by atoms with E-state index in [1.54, 1.807) is 7.05 Å². The maximum atomic E-state index is 11.7. The number of hydrogen-bond donors (Lipinski definition) is 2. The summed E-state index contributed by atoms with van der Waals surface area (Å²) in [6, 6.07) is -0.151. The Kier molecular flexibility index (Phi) is 7.91. The molecule has 5 nitrogen and oxygen atoms in total. The molecule has 0 aromatic carbocycles. The summed E-state index contributed by atoms with van der Waals surface area (Å²) in [7, 11) is -1.48. The van der Waals surface area contributed by atoms with Crippen LogP contribution in [0, 0.1) is 5.92 Å². The molecular formula is C10H24N2O3S. The lowest BCUT2D eigenvalue weighted by atomic mass is 10.1. The Morgan fingerprint density at radius 3 is 2.38 bits per heavy atom. The third-order valence-electron chi connectivity index (χ3n) is 2.26. The van der Waals surface area contributed by atoms with Crippen LogP contribution in [-0.2, 0) is 14.8 Å². The number of rotatable bonds is 9. The molecule has 0 saturated carbocycles. The fourth-order valence-corrected chi connectivity index (χ4v) is 2.53. The SMILES string of the molecule is CCOCC(NS(=O)(=O)CCNC)C(C)C.